The lowest BCUT2D eigenvalue weighted by Crippen LogP contribution is -2.38. The second-order valence-corrected chi connectivity index (χ2v) is 7.00. The summed E-state index contributed by atoms with van der Waals surface area (Å²) < 4.78 is 5.14. The van der Waals surface area contributed by atoms with Gasteiger partial charge in [0, 0.05) is 18.1 Å². The van der Waals surface area contributed by atoms with Crippen LogP contribution in [0.1, 0.15) is 50.1 Å². The maximum atomic E-state index is 12.3. The molecule has 0 radical (unpaired) electrons. The molecule has 1 aliphatic heterocycles. The molecule has 3 amide bonds. The van der Waals surface area contributed by atoms with Gasteiger partial charge in [-0.1, -0.05) is 49.1 Å². The Morgan fingerprint density at radius 2 is 1.74 bits per heavy atom. The topological polar surface area (TPSA) is 102 Å². The van der Waals surface area contributed by atoms with Crippen LogP contribution in [0.5, 0.6) is 0 Å². The Morgan fingerprint density at radius 3 is 2.37 bits per heavy atom. The molecule has 1 aromatic rings. The van der Waals surface area contributed by atoms with E-state index in [1.807, 2.05) is 0 Å². The highest BCUT2D eigenvalue weighted by atomic mass is 35.5. The zero-order chi connectivity index (χ0) is 19.6. The van der Waals surface area contributed by atoms with Gasteiger partial charge in [-0.15, -0.1) is 0 Å². The third-order valence-electron chi connectivity index (χ3n) is 4.53. The Bertz CT molecular complexity index is 660. The van der Waals surface area contributed by atoms with Gasteiger partial charge < -0.3 is 20.7 Å². The second-order valence-electron chi connectivity index (χ2n) is 6.60. The summed E-state index contributed by atoms with van der Waals surface area (Å²) in [5, 5.41) is 2.90. The summed E-state index contributed by atoms with van der Waals surface area (Å²) in [4.78, 5) is 37.5. The van der Waals surface area contributed by atoms with Crippen molar-refractivity contribution in [1.29, 1.82) is 0 Å². The fourth-order valence-corrected chi connectivity index (χ4v) is 3.39. The van der Waals surface area contributed by atoms with E-state index in [0.29, 0.717) is 23.7 Å². The third kappa shape index (κ3) is 7.09. The van der Waals surface area contributed by atoms with Crippen molar-refractivity contribution in [2.75, 3.05) is 19.7 Å². The number of urea groups is 1. The first-order valence-corrected chi connectivity index (χ1v) is 9.59. The van der Waals surface area contributed by atoms with Crippen molar-refractivity contribution in [1.82, 2.24) is 10.2 Å². The van der Waals surface area contributed by atoms with Crippen molar-refractivity contribution >= 4 is 29.5 Å². The SMILES string of the molecule is NC(=O)N[C@H](CC(=O)OCC(=O)N1CCCCCCC1)c1ccccc1Cl. The van der Waals surface area contributed by atoms with E-state index in [-0.39, 0.29) is 18.9 Å². The number of nitrogens with two attached hydrogens (primary N) is 1. The lowest BCUT2D eigenvalue weighted by molar-refractivity contribution is -0.152. The molecule has 0 spiro atoms. The summed E-state index contributed by atoms with van der Waals surface area (Å²) >= 11 is 6.14. The quantitative estimate of drug-likeness (QED) is 0.723. The number of likely N-dealkylation sites (tertiary alicyclic amines) is 1. The highest BCUT2D eigenvalue weighted by molar-refractivity contribution is 6.31. The number of benzene rings is 1. The maximum absolute atomic E-state index is 12.3. The number of primary amides is 1. The number of hydrogen-bond acceptors (Lipinski definition) is 4. The molecule has 1 aromatic carbocycles. The Morgan fingerprint density at radius 1 is 1.11 bits per heavy atom. The zero-order valence-corrected chi connectivity index (χ0v) is 16.0. The molecular weight excluding hydrogens is 370 g/mol. The Labute approximate surface area is 164 Å². The van der Waals surface area contributed by atoms with Crippen LogP contribution >= 0.6 is 11.6 Å². The van der Waals surface area contributed by atoms with Crippen LogP contribution in [0, 0.1) is 0 Å². The summed E-state index contributed by atoms with van der Waals surface area (Å²) in [6, 6.07) is 5.34. The van der Waals surface area contributed by atoms with Gasteiger partial charge in [0.2, 0.25) is 0 Å². The van der Waals surface area contributed by atoms with Crippen molar-refractivity contribution in [3.05, 3.63) is 34.9 Å². The summed E-state index contributed by atoms with van der Waals surface area (Å²) in [5.74, 6) is -0.795. The lowest BCUT2D eigenvalue weighted by Gasteiger charge is -2.24. The zero-order valence-electron chi connectivity index (χ0n) is 15.3. The van der Waals surface area contributed by atoms with Crippen molar-refractivity contribution in [3.8, 4) is 0 Å². The predicted octanol–water partition coefficient (Wildman–Crippen LogP) is 2.78. The molecular formula is C19H26ClN3O4. The van der Waals surface area contributed by atoms with Gasteiger partial charge in [-0.25, -0.2) is 4.79 Å². The van der Waals surface area contributed by atoms with Gasteiger partial charge >= 0.3 is 12.0 Å². The van der Waals surface area contributed by atoms with Gasteiger partial charge in [0.25, 0.3) is 5.91 Å². The molecule has 27 heavy (non-hydrogen) atoms. The average molecular weight is 396 g/mol. The monoisotopic (exact) mass is 395 g/mol. The van der Waals surface area contributed by atoms with E-state index in [9.17, 15) is 14.4 Å². The van der Waals surface area contributed by atoms with E-state index in [4.69, 9.17) is 22.1 Å². The van der Waals surface area contributed by atoms with Crippen LogP contribution in [-0.2, 0) is 14.3 Å². The van der Waals surface area contributed by atoms with Crippen LogP contribution < -0.4 is 11.1 Å². The molecule has 8 heteroatoms. The van der Waals surface area contributed by atoms with Gasteiger partial charge in [0.15, 0.2) is 6.61 Å². The van der Waals surface area contributed by atoms with Gasteiger partial charge in [-0.2, -0.15) is 0 Å². The predicted molar refractivity (Wildman–Crippen MR) is 102 cm³/mol. The number of esters is 1. The minimum atomic E-state index is -0.774. The van der Waals surface area contributed by atoms with Crippen molar-refractivity contribution in [3.63, 3.8) is 0 Å². The van der Waals surface area contributed by atoms with E-state index in [2.05, 4.69) is 5.32 Å². The van der Waals surface area contributed by atoms with Crippen LogP contribution in [0.15, 0.2) is 24.3 Å². The summed E-state index contributed by atoms with van der Waals surface area (Å²) in [5.41, 5.74) is 5.76. The molecule has 1 aliphatic rings. The van der Waals surface area contributed by atoms with Crippen LogP contribution in [0.2, 0.25) is 5.02 Å². The number of hydrogen-bond donors (Lipinski definition) is 2. The van der Waals surface area contributed by atoms with Crippen molar-refractivity contribution < 1.29 is 19.1 Å². The number of carbonyl (C=O) groups is 3. The minimum absolute atomic E-state index is 0.167. The van der Waals surface area contributed by atoms with E-state index in [1.165, 1.54) is 6.42 Å². The number of nitrogens with zero attached hydrogens (tertiary/aromatic N) is 1. The Kier molecular flexibility index (Phi) is 8.39. The normalized spacial score (nSPS) is 16.0. The number of rotatable bonds is 6. The number of ether oxygens (including phenoxy) is 1. The second kappa shape index (κ2) is 10.8. The smallest absolute Gasteiger partial charge is 0.312 e. The fourth-order valence-electron chi connectivity index (χ4n) is 3.12. The lowest BCUT2D eigenvalue weighted by atomic mass is 10.0. The number of carbonyl (C=O) groups excluding carboxylic acids is 3. The molecule has 1 saturated heterocycles. The molecule has 3 N–H and O–H groups in total. The highest BCUT2D eigenvalue weighted by Crippen LogP contribution is 2.25. The first kappa shape index (κ1) is 21.0. The van der Waals surface area contributed by atoms with Gasteiger partial charge in [-0.05, 0) is 24.5 Å². The fraction of sp³-hybridized carbons (Fsp3) is 0.526. The van der Waals surface area contributed by atoms with Crippen molar-refractivity contribution in [2.24, 2.45) is 5.73 Å². The van der Waals surface area contributed by atoms with Gasteiger partial charge in [0.1, 0.15) is 0 Å². The standard InChI is InChI=1S/C19H26ClN3O4/c20-15-9-5-4-8-14(15)16(22-19(21)26)12-18(25)27-13-17(24)23-10-6-2-1-3-7-11-23/h4-5,8-9,16H,1-3,6-7,10-13H2,(H3,21,22,26)/t16-/m1/s1. The van der Waals surface area contributed by atoms with Crippen LogP contribution in [-0.4, -0.2) is 42.5 Å². The molecule has 0 bridgehead atoms. The number of nitrogens with one attached hydrogen (secondary N) is 1. The summed E-state index contributed by atoms with van der Waals surface area (Å²) in [7, 11) is 0. The number of halogens is 1. The first-order chi connectivity index (χ1) is 13.0. The molecule has 7 nitrogen and oxygen atoms in total. The van der Waals surface area contributed by atoms with E-state index < -0.39 is 18.0 Å². The largest absolute Gasteiger partial charge is 0.455 e. The molecule has 1 heterocycles. The molecule has 148 valence electrons. The molecule has 0 aliphatic carbocycles. The minimum Gasteiger partial charge on any atom is -0.455 e. The van der Waals surface area contributed by atoms with Crippen LogP contribution in [0.25, 0.3) is 0 Å². The molecule has 2 rings (SSSR count). The Hall–Kier alpha value is -2.28. The van der Waals surface area contributed by atoms with Gasteiger partial charge in [-0.3, -0.25) is 9.59 Å². The summed E-state index contributed by atoms with van der Waals surface area (Å²) in [6.07, 6.45) is 5.20. The molecule has 1 fully saturated rings. The van der Waals surface area contributed by atoms with E-state index in [0.717, 1.165) is 25.7 Å². The molecule has 1 atom stereocenters. The molecule has 0 unspecified atom stereocenters. The highest BCUT2D eigenvalue weighted by Gasteiger charge is 2.22. The van der Waals surface area contributed by atoms with Gasteiger partial charge in [0.05, 0.1) is 12.5 Å². The number of amides is 3. The average Bonchev–Trinajstić information content (AvgIpc) is 2.59. The van der Waals surface area contributed by atoms with Crippen LogP contribution in [0.3, 0.4) is 0 Å². The first-order valence-electron chi connectivity index (χ1n) is 9.21. The van der Waals surface area contributed by atoms with Crippen LogP contribution in [0.4, 0.5) is 4.79 Å². The van der Waals surface area contributed by atoms with E-state index >= 15 is 0 Å². The Balaban J connectivity index is 1.90. The summed E-state index contributed by atoms with van der Waals surface area (Å²) in [6.45, 7) is 1.09. The van der Waals surface area contributed by atoms with E-state index in [1.54, 1.807) is 29.2 Å². The molecule has 0 saturated carbocycles. The third-order valence-corrected chi connectivity index (χ3v) is 4.88. The molecule has 0 aromatic heterocycles. The van der Waals surface area contributed by atoms with Crippen molar-refractivity contribution in [2.45, 2.75) is 44.6 Å². The maximum Gasteiger partial charge on any atom is 0.312 e.